The Bertz CT molecular complexity index is 688. The van der Waals surface area contributed by atoms with Crippen LogP contribution in [0.5, 0.6) is 0 Å². The Labute approximate surface area is 145 Å². The summed E-state index contributed by atoms with van der Waals surface area (Å²) in [6, 6.07) is 0. The summed E-state index contributed by atoms with van der Waals surface area (Å²) in [4.78, 5) is 37.4. The molecule has 3 rings (SSSR count). The Hall–Kier alpha value is -2.15. The van der Waals surface area contributed by atoms with E-state index in [-0.39, 0.29) is 5.57 Å². The minimum atomic E-state index is -1.59. The topological polar surface area (TPSA) is 91.4 Å². The highest BCUT2D eigenvalue weighted by Gasteiger charge is 2.73. The SMILES string of the molecule is COC(=O)C1=C2CCCCCCC2=C(C(=O)OC)C2(C(=O)OC)OC12. The molecule has 2 unspecified atom stereocenters. The average Bonchev–Trinajstić information content (AvgIpc) is 3.35. The van der Waals surface area contributed by atoms with Gasteiger partial charge in [0.1, 0.15) is 6.10 Å². The van der Waals surface area contributed by atoms with Crippen LogP contribution in [0, 0.1) is 0 Å². The molecule has 2 aliphatic carbocycles. The summed E-state index contributed by atoms with van der Waals surface area (Å²) in [5, 5.41) is 0. The smallest absolute Gasteiger partial charge is 0.346 e. The minimum absolute atomic E-state index is 0.177. The third-order valence-corrected chi connectivity index (χ3v) is 5.13. The number of methoxy groups -OCH3 is 3. The number of rotatable bonds is 3. The highest BCUT2D eigenvalue weighted by Crippen LogP contribution is 2.56. The quantitative estimate of drug-likeness (QED) is 0.434. The molecule has 1 saturated heterocycles. The fourth-order valence-corrected chi connectivity index (χ4v) is 3.94. The van der Waals surface area contributed by atoms with Gasteiger partial charge in [-0.1, -0.05) is 12.8 Å². The molecule has 1 aliphatic heterocycles. The summed E-state index contributed by atoms with van der Waals surface area (Å²) < 4.78 is 20.4. The maximum absolute atomic E-state index is 12.5. The van der Waals surface area contributed by atoms with Crippen LogP contribution in [0.1, 0.15) is 38.5 Å². The van der Waals surface area contributed by atoms with Gasteiger partial charge >= 0.3 is 17.9 Å². The van der Waals surface area contributed by atoms with E-state index in [0.29, 0.717) is 24.0 Å². The van der Waals surface area contributed by atoms with Crippen molar-refractivity contribution in [3.63, 3.8) is 0 Å². The zero-order valence-corrected chi connectivity index (χ0v) is 14.7. The predicted molar refractivity (Wildman–Crippen MR) is 85.4 cm³/mol. The van der Waals surface area contributed by atoms with Gasteiger partial charge in [0, 0.05) is 0 Å². The van der Waals surface area contributed by atoms with Gasteiger partial charge in [-0.2, -0.15) is 0 Å². The lowest BCUT2D eigenvalue weighted by Gasteiger charge is -2.27. The van der Waals surface area contributed by atoms with E-state index in [2.05, 4.69) is 0 Å². The molecular weight excluding hydrogens is 328 g/mol. The molecule has 2 atom stereocenters. The summed E-state index contributed by atoms with van der Waals surface area (Å²) in [7, 11) is 3.78. The van der Waals surface area contributed by atoms with Gasteiger partial charge in [-0.05, 0) is 36.8 Å². The third-order valence-electron chi connectivity index (χ3n) is 5.13. The van der Waals surface area contributed by atoms with E-state index < -0.39 is 29.6 Å². The van der Waals surface area contributed by atoms with E-state index in [9.17, 15) is 14.4 Å². The highest BCUT2D eigenvalue weighted by molar-refractivity contribution is 6.09. The van der Waals surface area contributed by atoms with E-state index in [1.54, 1.807) is 0 Å². The van der Waals surface area contributed by atoms with Crippen LogP contribution >= 0.6 is 0 Å². The number of fused-ring (bicyclic) bond motifs is 2. The molecule has 3 aliphatic rings. The molecule has 1 heterocycles. The van der Waals surface area contributed by atoms with Crippen LogP contribution in [-0.2, 0) is 33.3 Å². The molecule has 0 amide bonds. The van der Waals surface area contributed by atoms with Gasteiger partial charge in [0.05, 0.1) is 32.5 Å². The molecule has 0 aromatic rings. The summed E-state index contributed by atoms with van der Waals surface area (Å²) in [5.41, 5.74) is 0.345. The molecule has 7 nitrogen and oxygen atoms in total. The zero-order chi connectivity index (χ0) is 18.2. The van der Waals surface area contributed by atoms with Crippen LogP contribution in [0.15, 0.2) is 22.3 Å². The lowest BCUT2D eigenvalue weighted by Crippen LogP contribution is -2.40. The normalized spacial score (nSPS) is 28.2. The maximum atomic E-state index is 12.5. The van der Waals surface area contributed by atoms with Crippen molar-refractivity contribution >= 4 is 17.9 Å². The number of hydrogen-bond donors (Lipinski definition) is 0. The van der Waals surface area contributed by atoms with Crippen molar-refractivity contribution in [3.05, 3.63) is 22.3 Å². The van der Waals surface area contributed by atoms with Crippen LogP contribution in [0.2, 0.25) is 0 Å². The first-order valence-corrected chi connectivity index (χ1v) is 8.42. The lowest BCUT2D eigenvalue weighted by molar-refractivity contribution is -0.148. The van der Waals surface area contributed by atoms with Crippen molar-refractivity contribution in [2.45, 2.75) is 50.2 Å². The first-order chi connectivity index (χ1) is 12.0. The summed E-state index contributed by atoms with van der Waals surface area (Å²) in [6.07, 6.45) is 4.17. The second kappa shape index (κ2) is 6.63. The van der Waals surface area contributed by atoms with Crippen LogP contribution < -0.4 is 0 Å². The molecule has 7 heteroatoms. The first kappa shape index (κ1) is 17.7. The van der Waals surface area contributed by atoms with Gasteiger partial charge in [-0.15, -0.1) is 0 Å². The van der Waals surface area contributed by atoms with Crippen LogP contribution in [0.4, 0.5) is 0 Å². The van der Waals surface area contributed by atoms with Gasteiger partial charge in [0.15, 0.2) is 0 Å². The Balaban J connectivity index is 2.24. The molecule has 136 valence electrons. The predicted octanol–water partition coefficient (Wildman–Crippen LogP) is 1.60. The second-order valence-corrected chi connectivity index (χ2v) is 6.37. The number of carbonyl (C=O) groups excluding carboxylic acids is 3. The van der Waals surface area contributed by atoms with Gasteiger partial charge < -0.3 is 18.9 Å². The molecular formula is C18H22O7. The van der Waals surface area contributed by atoms with Crippen molar-refractivity contribution in [3.8, 4) is 0 Å². The van der Waals surface area contributed by atoms with E-state index in [4.69, 9.17) is 18.9 Å². The largest absolute Gasteiger partial charge is 0.467 e. The Morgan fingerprint density at radius 3 is 2.04 bits per heavy atom. The molecule has 2 fully saturated rings. The van der Waals surface area contributed by atoms with Gasteiger partial charge in [-0.25, -0.2) is 14.4 Å². The number of hydrogen-bond acceptors (Lipinski definition) is 7. The van der Waals surface area contributed by atoms with Crippen molar-refractivity contribution in [2.75, 3.05) is 21.3 Å². The van der Waals surface area contributed by atoms with Crippen LogP contribution in [-0.4, -0.2) is 50.9 Å². The molecule has 0 N–H and O–H groups in total. The molecule has 1 saturated carbocycles. The number of ether oxygens (including phenoxy) is 4. The van der Waals surface area contributed by atoms with Crippen molar-refractivity contribution in [1.29, 1.82) is 0 Å². The number of carbonyl (C=O) groups is 3. The zero-order valence-electron chi connectivity index (χ0n) is 14.7. The molecule has 0 bridgehead atoms. The number of epoxide rings is 1. The van der Waals surface area contributed by atoms with E-state index in [1.807, 2.05) is 0 Å². The van der Waals surface area contributed by atoms with Crippen molar-refractivity contribution < 1.29 is 33.3 Å². The Morgan fingerprint density at radius 2 is 1.48 bits per heavy atom. The maximum Gasteiger partial charge on any atom is 0.346 e. The van der Waals surface area contributed by atoms with E-state index in [1.165, 1.54) is 21.3 Å². The molecule has 25 heavy (non-hydrogen) atoms. The molecule has 0 aromatic heterocycles. The first-order valence-electron chi connectivity index (χ1n) is 8.42. The highest BCUT2D eigenvalue weighted by atomic mass is 16.7. The monoisotopic (exact) mass is 350 g/mol. The van der Waals surface area contributed by atoms with E-state index >= 15 is 0 Å². The fraction of sp³-hybridized carbons (Fsp3) is 0.611. The van der Waals surface area contributed by atoms with Crippen molar-refractivity contribution in [2.24, 2.45) is 0 Å². The number of allylic oxidation sites excluding steroid dienone is 2. The van der Waals surface area contributed by atoms with Crippen molar-refractivity contribution in [1.82, 2.24) is 0 Å². The summed E-state index contributed by atoms with van der Waals surface area (Å²) in [6.45, 7) is 0. The minimum Gasteiger partial charge on any atom is -0.467 e. The van der Waals surface area contributed by atoms with Crippen LogP contribution in [0.25, 0.3) is 0 Å². The van der Waals surface area contributed by atoms with Gasteiger partial charge in [0.25, 0.3) is 0 Å². The summed E-state index contributed by atoms with van der Waals surface area (Å²) >= 11 is 0. The Morgan fingerprint density at radius 1 is 0.880 bits per heavy atom. The Kier molecular flexibility index (Phi) is 4.69. The standard InChI is InChI=1S/C18H22O7/c1-22-15(19)12-10-8-6-4-5-7-9-11(10)13(16(20)23-2)18(14(12)25-18)17(21)24-3/h14H,4-9H2,1-3H3. The lowest BCUT2D eigenvalue weighted by atomic mass is 9.74. The molecule has 0 aromatic carbocycles. The molecule has 0 spiro atoms. The van der Waals surface area contributed by atoms with E-state index in [0.717, 1.165) is 31.3 Å². The van der Waals surface area contributed by atoms with Gasteiger partial charge in [0.2, 0.25) is 5.60 Å². The van der Waals surface area contributed by atoms with Crippen LogP contribution in [0.3, 0.4) is 0 Å². The van der Waals surface area contributed by atoms with Gasteiger partial charge in [-0.3, -0.25) is 0 Å². The summed E-state index contributed by atoms with van der Waals surface area (Å²) in [5.74, 6) is -1.86. The third kappa shape index (κ3) is 2.57. The average molecular weight is 350 g/mol. The molecule has 0 radical (unpaired) electrons. The second-order valence-electron chi connectivity index (χ2n) is 6.37. The fourth-order valence-electron chi connectivity index (χ4n) is 3.94. The number of esters is 3.